The molecule has 2 amide bonds. The zero-order valence-corrected chi connectivity index (χ0v) is 17.1. The van der Waals surface area contributed by atoms with E-state index in [-0.39, 0.29) is 17.9 Å². The van der Waals surface area contributed by atoms with E-state index < -0.39 is 0 Å². The zero-order valence-electron chi connectivity index (χ0n) is 15.6. The minimum atomic E-state index is -0.294. The van der Waals surface area contributed by atoms with Crippen molar-refractivity contribution >= 4 is 39.8 Å². The summed E-state index contributed by atoms with van der Waals surface area (Å²) in [6, 6.07) is 6.93. The van der Waals surface area contributed by atoms with Crippen LogP contribution in [0.4, 0.5) is 5.00 Å². The second-order valence-electron chi connectivity index (χ2n) is 7.19. The molecule has 0 spiro atoms. The molecule has 0 saturated carbocycles. The smallest absolute Gasteiger partial charge is 0.257 e. The Labute approximate surface area is 173 Å². The van der Waals surface area contributed by atoms with E-state index in [2.05, 4.69) is 10.6 Å². The number of anilines is 1. The summed E-state index contributed by atoms with van der Waals surface area (Å²) < 4.78 is 5.60. The second-order valence-corrected chi connectivity index (χ2v) is 8.71. The van der Waals surface area contributed by atoms with Crippen LogP contribution in [0.5, 0.6) is 0 Å². The molecule has 2 aromatic rings. The van der Waals surface area contributed by atoms with Crippen LogP contribution in [0, 0.1) is 0 Å². The predicted octanol–water partition coefficient (Wildman–Crippen LogP) is 4.44. The first-order valence-corrected chi connectivity index (χ1v) is 10.9. The first-order chi connectivity index (χ1) is 13.6. The molecule has 1 aromatic heterocycles. The van der Waals surface area contributed by atoms with Gasteiger partial charge in [-0.1, -0.05) is 23.7 Å². The van der Waals surface area contributed by atoms with E-state index in [1.54, 1.807) is 24.3 Å². The van der Waals surface area contributed by atoms with Crippen molar-refractivity contribution in [3.8, 4) is 0 Å². The maximum absolute atomic E-state index is 13.0. The molecule has 1 atom stereocenters. The minimum Gasteiger partial charge on any atom is -0.376 e. The lowest BCUT2D eigenvalue weighted by Crippen LogP contribution is -2.32. The SMILES string of the molecule is O=C(Nc1sc2c(c1C(=O)NCC1CCCO1)CCCC2)c1ccccc1Cl. The number of hydrogen-bond donors (Lipinski definition) is 2. The summed E-state index contributed by atoms with van der Waals surface area (Å²) in [6.45, 7) is 1.26. The second kappa shape index (κ2) is 8.64. The number of thiophene rings is 1. The van der Waals surface area contributed by atoms with E-state index >= 15 is 0 Å². The van der Waals surface area contributed by atoms with E-state index in [0.717, 1.165) is 50.7 Å². The Morgan fingerprint density at radius 1 is 1.14 bits per heavy atom. The number of aryl methyl sites for hydroxylation is 1. The highest BCUT2D eigenvalue weighted by atomic mass is 35.5. The Morgan fingerprint density at radius 2 is 1.96 bits per heavy atom. The molecule has 0 bridgehead atoms. The van der Waals surface area contributed by atoms with Crippen molar-refractivity contribution in [3.05, 3.63) is 50.9 Å². The molecule has 148 valence electrons. The molecule has 1 aliphatic heterocycles. The summed E-state index contributed by atoms with van der Waals surface area (Å²) in [4.78, 5) is 26.9. The lowest BCUT2D eigenvalue weighted by atomic mass is 9.95. The number of amides is 2. The monoisotopic (exact) mass is 418 g/mol. The van der Waals surface area contributed by atoms with Gasteiger partial charge in [-0.2, -0.15) is 0 Å². The van der Waals surface area contributed by atoms with Crippen molar-refractivity contribution in [2.75, 3.05) is 18.5 Å². The zero-order chi connectivity index (χ0) is 19.5. The summed E-state index contributed by atoms with van der Waals surface area (Å²) in [5.41, 5.74) is 2.09. The highest BCUT2D eigenvalue weighted by molar-refractivity contribution is 7.17. The van der Waals surface area contributed by atoms with Gasteiger partial charge in [-0.3, -0.25) is 9.59 Å². The van der Waals surface area contributed by atoms with Gasteiger partial charge in [-0.15, -0.1) is 11.3 Å². The Kier molecular flexibility index (Phi) is 5.99. The van der Waals surface area contributed by atoms with Gasteiger partial charge in [-0.25, -0.2) is 0 Å². The third-order valence-corrected chi connectivity index (χ3v) is 6.80. The Balaban J connectivity index is 1.57. The summed E-state index contributed by atoms with van der Waals surface area (Å²) in [6.07, 6.45) is 6.09. The molecule has 5 nitrogen and oxygen atoms in total. The van der Waals surface area contributed by atoms with Gasteiger partial charge in [0.25, 0.3) is 11.8 Å². The van der Waals surface area contributed by atoms with Crippen molar-refractivity contribution in [3.63, 3.8) is 0 Å². The number of fused-ring (bicyclic) bond motifs is 1. The van der Waals surface area contributed by atoms with Crippen LogP contribution >= 0.6 is 22.9 Å². The molecule has 1 unspecified atom stereocenters. The molecule has 0 radical (unpaired) electrons. The van der Waals surface area contributed by atoms with Gasteiger partial charge >= 0.3 is 0 Å². The fourth-order valence-electron chi connectivity index (χ4n) is 3.81. The standard InChI is InChI=1S/C21H23ClN2O3S/c22-16-9-3-1-7-14(16)19(25)24-21-18(15-8-2-4-10-17(15)28-21)20(26)23-12-13-6-5-11-27-13/h1,3,7,9,13H,2,4-6,8,10-12H2,(H,23,26)(H,24,25). The Morgan fingerprint density at radius 3 is 2.75 bits per heavy atom. The van der Waals surface area contributed by atoms with E-state index in [4.69, 9.17) is 16.3 Å². The molecule has 28 heavy (non-hydrogen) atoms. The third-order valence-electron chi connectivity index (χ3n) is 5.26. The fourth-order valence-corrected chi connectivity index (χ4v) is 5.31. The maximum atomic E-state index is 13.0. The van der Waals surface area contributed by atoms with Gasteiger partial charge in [-0.05, 0) is 56.2 Å². The largest absolute Gasteiger partial charge is 0.376 e. The average Bonchev–Trinajstić information content (AvgIpc) is 3.33. The van der Waals surface area contributed by atoms with Crippen molar-refractivity contribution in [1.29, 1.82) is 0 Å². The maximum Gasteiger partial charge on any atom is 0.257 e. The molecule has 1 fully saturated rings. The number of benzene rings is 1. The summed E-state index contributed by atoms with van der Waals surface area (Å²) in [5.74, 6) is -0.429. The fraction of sp³-hybridized carbons (Fsp3) is 0.429. The van der Waals surface area contributed by atoms with Gasteiger partial charge in [0.2, 0.25) is 0 Å². The highest BCUT2D eigenvalue weighted by Crippen LogP contribution is 2.38. The van der Waals surface area contributed by atoms with E-state index in [0.29, 0.717) is 27.7 Å². The number of carbonyl (C=O) groups is 2. The summed E-state index contributed by atoms with van der Waals surface area (Å²) in [7, 11) is 0. The molecule has 1 aliphatic carbocycles. The van der Waals surface area contributed by atoms with Gasteiger partial charge in [0, 0.05) is 18.0 Å². The first-order valence-electron chi connectivity index (χ1n) is 9.73. The van der Waals surface area contributed by atoms with Crippen LogP contribution in [0.2, 0.25) is 5.02 Å². The minimum absolute atomic E-state index is 0.0829. The van der Waals surface area contributed by atoms with Gasteiger partial charge in [0.1, 0.15) is 5.00 Å². The summed E-state index contributed by atoms with van der Waals surface area (Å²) in [5, 5.41) is 6.95. The van der Waals surface area contributed by atoms with Crippen LogP contribution in [0.1, 0.15) is 56.8 Å². The predicted molar refractivity (Wildman–Crippen MR) is 112 cm³/mol. The van der Waals surface area contributed by atoms with E-state index in [1.807, 2.05) is 0 Å². The topological polar surface area (TPSA) is 67.4 Å². The molecule has 7 heteroatoms. The lowest BCUT2D eigenvalue weighted by molar-refractivity contribution is 0.0858. The van der Waals surface area contributed by atoms with Crippen molar-refractivity contribution in [2.45, 2.75) is 44.6 Å². The Hall–Kier alpha value is -1.89. The van der Waals surface area contributed by atoms with Crippen LogP contribution in [0.25, 0.3) is 0 Å². The first kappa shape index (κ1) is 19.4. The van der Waals surface area contributed by atoms with Gasteiger partial charge < -0.3 is 15.4 Å². The van der Waals surface area contributed by atoms with Crippen LogP contribution in [-0.4, -0.2) is 31.1 Å². The van der Waals surface area contributed by atoms with Gasteiger partial charge in [0.05, 0.1) is 22.3 Å². The number of ether oxygens (including phenoxy) is 1. The van der Waals surface area contributed by atoms with Crippen LogP contribution in [0.3, 0.4) is 0 Å². The van der Waals surface area contributed by atoms with Crippen LogP contribution < -0.4 is 10.6 Å². The number of rotatable bonds is 5. The quantitative estimate of drug-likeness (QED) is 0.754. The van der Waals surface area contributed by atoms with Crippen molar-refractivity contribution in [1.82, 2.24) is 5.32 Å². The van der Waals surface area contributed by atoms with Crippen molar-refractivity contribution < 1.29 is 14.3 Å². The van der Waals surface area contributed by atoms with E-state index in [9.17, 15) is 9.59 Å². The summed E-state index contributed by atoms with van der Waals surface area (Å²) >= 11 is 7.67. The number of halogens is 1. The van der Waals surface area contributed by atoms with E-state index in [1.165, 1.54) is 16.2 Å². The molecular weight excluding hydrogens is 396 g/mol. The van der Waals surface area contributed by atoms with Crippen LogP contribution in [-0.2, 0) is 17.6 Å². The van der Waals surface area contributed by atoms with Gasteiger partial charge in [0.15, 0.2) is 0 Å². The molecule has 2 aliphatic rings. The van der Waals surface area contributed by atoms with Crippen LogP contribution in [0.15, 0.2) is 24.3 Å². The van der Waals surface area contributed by atoms with Crippen molar-refractivity contribution in [2.24, 2.45) is 0 Å². The number of hydrogen-bond acceptors (Lipinski definition) is 4. The molecule has 1 aromatic carbocycles. The molecule has 4 rings (SSSR count). The lowest BCUT2D eigenvalue weighted by Gasteiger charge is -2.15. The number of carbonyl (C=O) groups excluding carboxylic acids is 2. The average molecular weight is 419 g/mol. The highest BCUT2D eigenvalue weighted by Gasteiger charge is 2.27. The molecule has 2 heterocycles. The molecule has 2 N–H and O–H groups in total. The normalized spacial score (nSPS) is 18.5. The Bertz CT molecular complexity index is 890. The third kappa shape index (κ3) is 4.09. The number of nitrogens with one attached hydrogen (secondary N) is 2. The molecular formula is C21H23ClN2O3S. The molecule has 1 saturated heterocycles.